The molecular formula is C22H47O4PS. The van der Waals surface area contributed by atoms with Gasteiger partial charge in [0.25, 0.3) is 0 Å². The van der Waals surface area contributed by atoms with Crippen LogP contribution < -0.4 is 0 Å². The molecule has 0 bridgehead atoms. The van der Waals surface area contributed by atoms with Crippen molar-refractivity contribution in [2.75, 3.05) is 11.5 Å². The molecule has 2 unspecified atom stereocenters. The first kappa shape index (κ1) is 28.5. The van der Waals surface area contributed by atoms with Gasteiger partial charge in [0.1, 0.15) is 0 Å². The second kappa shape index (κ2) is 19.4. The molecule has 0 aromatic rings. The molecule has 0 aromatic carbocycles. The average molecular weight is 439 g/mol. The summed E-state index contributed by atoms with van der Waals surface area (Å²) in [5.74, 6) is 2.17. The van der Waals surface area contributed by atoms with Crippen LogP contribution in [0.15, 0.2) is 0 Å². The molecule has 0 saturated carbocycles. The maximum atomic E-state index is 10.8. The summed E-state index contributed by atoms with van der Waals surface area (Å²) in [6, 6.07) is 0. The topological polar surface area (TPSA) is 66.8 Å². The van der Waals surface area contributed by atoms with Gasteiger partial charge in [-0.2, -0.15) is 11.8 Å². The van der Waals surface area contributed by atoms with Crippen LogP contribution in [-0.2, 0) is 9.09 Å². The van der Waals surface area contributed by atoms with Crippen molar-refractivity contribution < 1.29 is 18.9 Å². The van der Waals surface area contributed by atoms with Crippen LogP contribution in [0.3, 0.4) is 0 Å². The lowest BCUT2D eigenvalue weighted by Crippen LogP contribution is -2.19. The van der Waals surface area contributed by atoms with Gasteiger partial charge in [-0.3, -0.25) is 4.52 Å². The monoisotopic (exact) mass is 438 g/mol. The van der Waals surface area contributed by atoms with Crippen molar-refractivity contribution in [3.05, 3.63) is 0 Å². The summed E-state index contributed by atoms with van der Waals surface area (Å²) < 4.78 is 15.6. The van der Waals surface area contributed by atoms with Crippen LogP contribution in [0.25, 0.3) is 0 Å². The van der Waals surface area contributed by atoms with E-state index in [1.807, 2.05) is 18.7 Å². The molecule has 0 heterocycles. The Morgan fingerprint density at radius 1 is 0.750 bits per heavy atom. The van der Waals surface area contributed by atoms with Gasteiger partial charge in [-0.1, -0.05) is 104 Å². The molecular weight excluding hydrogens is 391 g/mol. The smallest absolute Gasteiger partial charge is 0.303 e. The summed E-state index contributed by atoms with van der Waals surface area (Å²) in [5.41, 5.74) is 0. The van der Waals surface area contributed by atoms with Gasteiger partial charge in [0.2, 0.25) is 0 Å². The van der Waals surface area contributed by atoms with Gasteiger partial charge in [-0.25, -0.2) is 4.57 Å². The third kappa shape index (κ3) is 21.2. The molecule has 28 heavy (non-hydrogen) atoms. The van der Waals surface area contributed by atoms with E-state index in [1.54, 1.807) is 6.92 Å². The first-order valence-electron chi connectivity index (χ1n) is 11.7. The second-order valence-electron chi connectivity index (χ2n) is 8.30. The zero-order chi connectivity index (χ0) is 21.1. The Balaban J connectivity index is 3.24. The third-order valence-corrected chi connectivity index (χ3v) is 7.32. The Hall–Kier alpha value is 0.460. The normalized spacial score (nSPS) is 14.3. The lowest BCUT2D eigenvalue weighted by atomic mass is 10.0. The molecule has 0 radical (unpaired) electrons. The highest BCUT2D eigenvalue weighted by Crippen LogP contribution is 2.39. The number of hydrogen-bond donors (Lipinski definition) is 2. The van der Waals surface area contributed by atoms with E-state index >= 15 is 0 Å². The fourth-order valence-electron chi connectivity index (χ4n) is 3.30. The van der Waals surface area contributed by atoms with Gasteiger partial charge in [0, 0.05) is 0 Å². The Kier molecular flexibility index (Phi) is 19.7. The molecule has 0 saturated heterocycles. The maximum absolute atomic E-state index is 10.8. The van der Waals surface area contributed by atoms with E-state index in [0.717, 1.165) is 11.5 Å². The summed E-state index contributed by atoms with van der Waals surface area (Å²) in [6.45, 7) is 6.00. The van der Waals surface area contributed by atoms with Crippen LogP contribution in [0.1, 0.15) is 117 Å². The Labute approximate surface area is 179 Å². The van der Waals surface area contributed by atoms with Crippen LogP contribution in [0.5, 0.6) is 0 Å². The van der Waals surface area contributed by atoms with Crippen LogP contribution in [-0.4, -0.2) is 27.4 Å². The largest absolute Gasteiger partial charge is 0.469 e. The quantitative estimate of drug-likeness (QED) is 0.142. The Morgan fingerprint density at radius 3 is 1.54 bits per heavy atom. The van der Waals surface area contributed by atoms with E-state index in [9.17, 15) is 4.57 Å². The summed E-state index contributed by atoms with van der Waals surface area (Å²) in [5, 5.41) is 0. The third-order valence-electron chi connectivity index (χ3n) is 5.38. The van der Waals surface area contributed by atoms with E-state index in [1.165, 1.54) is 96.3 Å². The lowest BCUT2D eigenvalue weighted by molar-refractivity contribution is 0.115. The minimum Gasteiger partial charge on any atom is -0.303 e. The zero-order valence-corrected chi connectivity index (χ0v) is 20.5. The van der Waals surface area contributed by atoms with Crippen molar-refractivity contribution in [2.24, 2.45) is 5.92 Å². The highest BCUT2D eigenvalue weighted by atomic mass is 32.2. The molecule has 0 rings (SSSR count). The number of thioether (sulfide) groups is 1. The second-order valence-corrected chi connectivity index (χ2v) is 10.6. The zero-order valence-electron chi connectivity index (χ0n) is 18.7. The fourth-order valence-corrected chi connectivity index (χ4v) is 5.16. The van der Waals surface area contributed by atoms with Crippen LogP contribution in [0.2, 0.25) is 0 Å². The van der Waals surface area contributed by atoms with Crippen LogP contribution in [0.4, 0.5) is 0 Å². The van der Waals surface area contributed by atoms with Crippen molar-refractivity contribution in [3.8, 4) is 0 Å². The molecule has 0 aromatic heterocycles. The van der Waals surface area contributed by atoms with Gasteiger partial charge in [-0.05, 0) is 30.8 Å². The summed E-state index contributed by atoms with van der Waals surface area (Å²) in [6.07, 6.45) is 20.4. The molecule has 2 N–H and O–H groups in total. The maximum Gasteiger partial charge on any atom is 0.469 e. The summed E-state index contributed by atoms with van der Waals surface area (Å²) >= 11 is 1.87. The number of hydrogen-bond acceptors (Lipinski definition) is 3. The number of phosphoric acid groups is 1. The SMILES string of the molecule is CCCCCCCCCCCCCCCCCSCC(C)C(C)OP(=O)(O)O. The van der Waals surface area contributed by atoms with Gasteiger partial charge in [0.05, 0.1) is 6.10 Å². The molecule has 2 atom stereocenters. The number of rotatable bonds is 21. The summed E-state index contributed by atoms with van der Waals surface area (Å²) in [4.78, 5) is 17.7. The number of unbranched alkanes of at least 4 members (excludes halogenated alkanes) is 14. The minimum absolute atomic E-state index is 0.147. The van der Waals surface area contributed by atoms with E-state index in [2.05, 4.69) is 6.92 Å². The first-order valence-corrected chi connectivity index (χ1v) is 14.4. The van der Waals surface area contributed by atoms with E-state index < -0.39 is 13.9 Å². The molecule has 0 aliphatic heterocycles. The molecule has 0 spiro atoms. The predicted molar refractivity (Wildman–Crippen MR) is 124 cm³/mol. The molecule has 170 valence electrons. The van der Waals surface area contributed by atoms with Crippen molar-refractivity contribution in [1.29, 1.82) is 0 Å². The van der Waals surface area contributed by atoms with Crippen molar-refractivity contribution in [3.63, 3.8) is 0 Å². The van der Waals surface area contributed by atoms with Crippen molar-refractivity contribution in [1.82, 2.24) is 0 Å². The summed E-state index contributed by atoms with van der Waals surface area (Å²) in [7, 11) is -4.36. The molecule has 4 nitrogen and oxygen atoms in total. The van der Waals surface area contributed by atoms with Gasteiger partial charge in [0.15, 0.2) is 0 Å². The minimum atomic E-state index is -4.36. The highest BCUT2D eigenvalue weighted by molar-refractivity contribution is 7.99. The van der Waals surface area contributed by atoms with E-state index in [4.69, 9.17) is 14.3 Å². The highest BCUT2D eigenvalue weighted by Gasteiger charge is 2.22. The van der Waals surface area contributed by atoms with Gasteiger partial charge >= 0.3 is 7.82 Å². The first-order chi connectivity index (χ1) is 13.4. The predicted octanol–water partition coefficient (Wildman–Crippen LogP) is 7.72. The molecule has 0 aliphatic rings. The average Bonchev–Trinajstić information content (AvgIpc) is 2.62. The molecule has 0 fully saturated rings. The Morgan fingerprint density at radius 2 is 1.14 bits per heavy atom. The standard InChI is InChI=1S/C22H47O4PS/c1-4-5-6-7-8-9-10-11-12-13-14-15-16-17-18-19-28-20-21(2)22(3)26-27(23,24)25/h21-22H,4-20H2,1-3H3,(H2,23,24,25). The Bertz CT molecular complexity index is 376. The molecule has 0 aliphatic carbocycles. The van der Waals surface area contributed by atoms with Crippen LogP contribution >= 0.6 is 19.6 Å². The van der Waals surface area contributed by atoms with Crippen molar-refractivity contribution in [2.45, 2.75) is 123 Å². The fraction of sp³-hybridized carbons (Fsp3) is 1.00. The van der Waals surface area contributed by atoms with E-state index in [0.29, 0.717) is 0 Å². The van der Waals surface area contributed by atoms with E-state index in [-0.39, 0.29) is 5.92 Å². The van der Waals surface area contributed by atoms with Gasteiger partial charge in [-0.15, -0.1) is 0 Å². The number of phosphoric ester groups is 1. The van der Waals surface area contributed by atoms with Crippen LogP contribution in [0, 0.1) is 5.92 Å². The lowest BCUT2D eigenvalue weighted by Gasteiger charge is -2.20. The van der Waals surface area contributed by atoms with Crippen molar-refractivity contribution >= 4 is 19.6 Å². The van der Waals surface area contributed by atoms with Gasteiger partial charge < -0.3 is 9.79 Å². The molecule has 0 amide bonds. The molecule has 6 heteroatoms.